The van der Waals surface area contributed by atoms with Crippen molar-refractivity contribution in [3.05, 3.63) is 65.5 Å². The molecule has 1 spiro atoms. The van der Waals surface area contributed by atoms with Crippen LogP contribution in [0.3, 0.4) is 0 Å². The molecule has 2 N–H and O–H groups in total. The summed E-state index contributed by atoms with van der Waals surface area (Å²) in [5.74, 6) is -0.286. The van der Waals surface area contributed by atoms with Crippen molar-refractivity contribution in [3.8, 4) is 0 Å². The fraction of sp³-hybridized carbons (Fsp3) is 0.651. The van der Waals surface area contributed by atoms with Crippen LogP contribution in [0.4, 0.5) is 14.9 Å². The predicted molar refractivity (Wildman–Crippen MR) is 210 cm³/mol. The van der Waals surface area contributed by atoms with Gasteiger partial charge in [0.15, 0.2) is 0 Å². The Labute approximate surface area is 322 Å². The molecule has 0 aromatic heterocycles. The summed E-state index contributed by atoms with van der Waals surface area (Å²) in [6.45, 7) is 14.1. The summed E-state index contributed by atoms with van der Waals surface area (Å²) in [4.78, 5) is 49.5. The quantitative estimate of drug-likeness (QED) is 0.244. The molecule has 0 bridgehead atoms. The van der Waals surface area contributed by atoms with Gasteiger partial charge in [0.2, 0.25) is 11.8 Å². The maximum Gasteiger partial charge on any atom is 0.408 e. The summed E-state index contributed by atoms with van der Waals surface area (Å²) >= 11 is 0. The number of likely N-dealkylation sites (tertiary alicyclic amines) is 1. The third kappa shape index (κ3) is 11.0. The number of ether oxygens (including phenoxy) is 1. The molecule has 2 atom stereocenters. The number of piperidine rings is 1. The maximum absolute atomic E-state index is 14.6. The Morgan fingerprint density at radius 1 is 0.981 bits per heavy atom. The monoisotopic (exact) mass is 749 g/mol. The lowest BCUT2D eigenvalue weighted by atomic mass is 9.84. The van der Waals surface area contributed by atoms with E-state index in [0.29, 0.717) is 18.8 Å². The van der Waals surface area contributed by atoms with Crippen LogP contribution in [0.5, 0.6) is 0 Å². The molecule has 3 aliphatic rings. The lowest BCUT2D eigenvalue weighted by Crippen LogP contribution is -2.57. The average Bonchev–Trinajstić information content (AvgIpc) is 3.35. The van der Waals surface area contributed by atoms with Crippen molar-refractivity contribution in [2.24, 2.45) is 11.8 Å². The van der Waals surface area contributed by atoms with Crippen LogP contribution in [-0.2, 0) is 20.9 Å². The number of aliphatic hydroxyl groups excluding tert-OH is 1. The molecule has 0 radical (unpaired) electrons. The Morgan fingerprint density at radius 3 is 2.19 bits per heavy atom. The Bertz CT molecular complexity index is 1530. The first kappa shape index (κ1) is 41.5. The summed E-state index contributed by atoms with van der Waals surface area (Å²) < 4.78 is 19.6. The van der Waals surface area contributed by atoms with E-state index in [2.05, 4.69) is 15.1 Å². The number of amides is 3. The van der Waals surface area contributed by atoms with Crippen LogP contribution in [0.25, 0.3) is 0 Å². The number of hydrogen-bond donors (Lipinski definition) is 2. The highest BCUT2D eigenvalue weighted by Gasteiger charge is 2.54. The fourth-order valence-electron chi connectivity index (χ4n) is 8.41. The molecule has 54 heavy (non-hydrogen) atoms. The lowest BCUT2D eigenvalue weighted by molar-refractivity contribution is -0.138. The SMILES string of the molecule is Cc1ccc(CN(C[C@H](O)CN2CN(c3ccc(F)cc3)C3(CCN(CC4CCCCCCC4)CC3)C2=O)C(=O)C(NC(=O)OC(C)(C)C)C(C)C)cc1. The first-order valence-electron chi connectivity index (χ1n) is 20.2. The second kappa shape index (κ2) is 18.3. The van der Waals surface area contributed by atoms with E-state index >= 15 is 0 Å². The number of aryl methyl sites for hydroxylation is 1. The van der Waals surface area contributed by atoms with E-state index in [0.717, 1.165) is 36.4 Å². The van der Waals surface area contributed by atoms with Crippen LogP contribution in [0.15, 0.2) is 48.5 Å². The van der Waals surface area contributed by atoms with Gasteiger partial charge in [-0.25, -0.2) is 9.18 Å². The summed E-state index contributed by atoms with van der Waals surface area (Å²) in [5, 5.41) is 14.5. The van der Waals surface area contributed by atoms with Crippen molar-refractivity contribution in [1.82, 2.24) is 20.0 Å². The van der Waals surface area contributed by atoms with Gasteiger partial charge in [-0.2, -0.15) is 0 Å². The molecule has 2 aromatic rings. The number of benzene rings is 2. The fourth-order valence-corrected chi connectivity index (χ4v) is 8.41. The Hall–Kier alpha value is -3.70. The minimum absolute atomic E-state index is 0.0214. The summed E-state index contributed by atoms with van der Waals surface area (Å²) in [6, 6.07) is 13.3. The third-order valence-electron chi connectivity index (χ3n) is 11.3. The molecule has 11 heteroatoms. The normalized spacial score (nSPS) is 19.8. The summed E-state index contributed by atoms with van der Waals surface area (Å²) in [5.41, 5.74) is 1.21. The summed E-state index contributed by atoms with van der Waals surface area (Å²) in [7, 11) is 0. The van der Waals surface area contributed by atoms with E-state index in [1.165, 1.54) is 57.1 Å². The second-order valence-electron chi connectivity index (χ2n) is 17.3. The van der Waals surface area contributed by atoms with Gasteiger partial charge < -0.3 is 34.8 Å². The molecule has 1 unspecified atom stereocenters. The molecular formula is C43H64FN5O5. The van der Waals surface area contributed by atoms with Crippen LogP contribution in [0.1, 0.15) is 104 Å². The molecule has 3 amide bonds. The van der Waals surface area contributed by atoms with Crippen molar-refractivity contribution in [1.29, 1.82) is 0 Å². The van der Waals surface area contributed by atoms with Crippen LogP contribution >= 0.6 is 0 Å². The van der Waals surface area contributed by atoms with E-state index in [1.54, 1.807) is 42.7 Å². The average molecular weight is 750 g/mol. The number of aliphatic hydroxyl groups is 1. The molecule has 1 saturated carbocycles. The van der Waals surface area contributed by atoms with Crippen molar-refractivity contribution in [2.45, 2.75) is 129 Å². The molecule has 10 nitrogen and oxygen atoms in total. The molecule has 5 rings (SSSR count). The minimum atomic E-state index is -1.07. The number of halogens is 1. The molecule has 298 valence electrons. The lowest BCUT2D eigenvalue weighted by Gasteiger charge is -2.44. The van der Waals surface area contributed by atoms with Gasteiger partial charge in [0.1, 0.15) is 23.0 Å². The molecule has 3 fully saturated rings. The van der Waals surface area contributed by atoms with Gasteiger partial charge in [0.25, 0.3) is 0 Å². The molecular weight excluding hydrogens is 686 g/mol. The van der Waals surface area contributed by atoms with Gasteiger partial charge in [-0.1, -0.05) is 75.8 Å². The smallest absolute Gasteiger partial charge is 0.408 e. The van der Waals surface area contributed by atoms with Gasteiger partial charge in [-0.3, -0.25) is 9.59 Å². The number of carbonyl (C=O) groups is 3. The Balaban J connectivity index is 1.32. The zero-order chi connectivity index (χ0) is 39.0. The van der Waals surface area contributed by atoms with Gasteiger partial charge in [0.05, 0.1) is 19.3 Å². The zero-order valence-electron chi connectivity index (χ0n) is 33.5. The molecule has 2 heterocycles. The number of β-amino-alcohol motifs (C(OH)–C–C–N with tert-alkyl or cyclic N) is 1. The van der Waals surface area contributed by atoms with Crippen LogP contribution in [0, 0.1) is 24.6 Å². The highest BCUT2D eigenvalue weighted by atomic mass is 19.1. The number of rotatable bonds is 12. The zero-order valence-corrected chi connectivity index (χ0v) is 33.5. The largest absolute Gasteiger partial charge is 0.444 e. The number of nitrogens with zero attached hydrogens (tertiary/aromatic N) is 4. The Kier molecular flexibility index (Phi) is 14.0. The van der Waals surface area contributed by atoms with Crippen LogP contribution < -0.4 is 10.2 Å². The summed E-state index contributed by atoms with van der Waals surface area (Å²) in [6.07, 6.45) is 8.65. The number of alkyl carbamates (subject to hydrolysis) is 1. The van der Waals surface area contributed by atoms with Gasteiger partial charge >= 0.3 is 6.09 Å². The van der Waals surface area contributed by atoms with Gasteiger partial charge in [0, 0.05) is 38.4 Å². The van der Waals surface area contributed by atoms with E-state index in [-0.39, 0.29) is 49.9 Å². The van der Waals surface area contributed by atoms with Crippen molar-refractivity contribution < 1.29 is 28.6 Å². The number of anilines is 1. The predicted octanol–water partition coefficient (Wildman–Crippen LogP) is 6.87. The van der Waals surface area contributed by atoms with Crippen LogP contribution in [0.2, 0.25) is 0 Å². The van der Waals surface area contributed by atoms with Crippen LogP contribution in [-0.4, -0.2) is 100 Å². The molecule has 2 saturated heterocycles. The topological polar surface area (TPSA) is 106 Å². The molecule has 2 aromatic carbocycles. The van der Waals surface area contributed by atoms with E-state index in [9.17, 15) is 23.9 Å². The maximum atomic E-state index is 14.6. The van der Waals surface area contributed by atoms with E-state index < -0.39 is 29.4 Å². The van der Waals surface area contributed by atoms with Crippen molar-refractivity contribution in [3.63, 3.8) is 0 Å². The van der Waals surface area contributed by atoms with Crippen molar-refractivity contribution in [2.75, 3.05) is 44.3 Å². The van der Waals surface area contributed by atoms with Crippen molar-refractivity contribution >= 4 is 23.6 Å². The molecule has 1 aliphatic carbocycles. The van der Waals surface area contributed by atoms with Gasteiger partial charge in [-0.05, 0) is 95.0 Å². The standard InChI is InChI=1S/C43H64FN5O5/c1-31(2)38(45-41(53)54-42(4,5)6)39(51)47(27-34-16-14-32(3)15-17-34)28-37(50)29-48-30-49(36-20-18-35(44)19-21-36)43(40(48)52)22-24-46(25-23-43)26-33-12-10-8-7-9-11-13-33/h14-21,31,33,37-38,50H,7-13,22-30H2,1-6H3,(H,45,53)/t37-,38?/m0/s1. The van der Waals surface area contributed by atoms with E-state index in [1.807, 2.05) is 45.0 Å². The number of carbonyl (C=O) groups excluding carboxylic acids is 3. The highest BCUT2D eigenvalue weighted by Crippen LogP contribution is 2.40. The van der Waals surface area contributed by atoms with Gasteiger partial charge in [-0.15, -0.1) is 0 Å². The third-order valence-corrected chi connectivity index (χ3v) is 11.3. The number of nitrogens with one attached hydrogen (secondary N) is 1. The number of hydrogen-bond acceptors (Lipinski definition) is 7. The Morgan fingerprint density at radius 2 is 1.59 bits per heavy atom. The first-order chi connectivity index (χ1) is 25.6. The minimum Gasteiger partial charge on any atom is -0.444 e. The first-order valence-corrected chi connectivity index (χ1v) is 20.2. The highest BCUT2D eigenvalue weighted by molar-refractivity contribution is 5.93. The van der Waals surface area contributed by atoms with E-state index in [4.69, 9.17) is 4.74 Å². The molecule has 2 aliphatic heterocycles. The second-order valence-corrected chi connectivity index (χ2v) is 17.3.